The van der Waals surface area contributed by atoms with E-state index in [1.165, 1.54) is 19.1 Å². The molecule has 2 amide bonds. The van der Waals surface area contributed by atoms with Gasteiger partial charge >= 0.3 is 5.97 Å². The fourth-order valence-corrected chi connectivity index (χ4v) is 2.32. The molecule has 0 aliphatic heterocycles. The Labute approximate surface area is 145 Å². The number of carbonyl (C=O) groups excluding carboxylic acids is 2. The van der Waals surface area contributed by atoms with Crippen LogP contribution in [0.5, 0.6) is 0 Å². The van der Waals surface area contributed by atoms with Crippen molar-refractivity contribution in [2.75, 3.05) is 5.32 Å². The van der Waals surface area contributed by atoms with E-state index in [9.17, 15) is 14.4 Å². The van der Waals surface area contributed by atoms with Crippen molar-refractivity contribution in [1.82, 2.24) is 4.90 Å². The molecule has 1 heterocycles. The number of amides is 2. The lowest BCUT2D eigenvalue weighted by molar-refractivity contribution is -0.131. The SMILES string of the molecule is CC(=O)N(Cc1ccc(NC(=O)c2ccc(C(=O)O)o2)cc1)C(C)C. The van der Waals surface area contributed by atoms with Crippen molar-refractivity contribution in [2.24, 2.45) is 0 Å². The molecule has 1 aromatic heterocycles. The lowest BCUT2D eigenvalue weighted by Crippen LogP contribution is -2.34. The van der Waals surface area contributed by atoms with Crippen molar-refractivity contribution in [3.63, 3.8) is 0 Å². The molecule has 0 radical (unpaired) electrons. The number of benzene rings is 1. The zero-order valence-electron chi connectivity index (χ0n) is 14.3. The Hall–Kier alpha value is -3.09. The first kappa shape index (κ1) is 18.3. The molecular weight excluding hydrogens is 324 g/mol. The van der Waals surface area contributed by atoms with Crippen molar-refractivity contribution in [2.45, 2.75) is 33.4 Å². The maximum Gasteiger partial charge on any atom is 0.371 e. The molecule has 0 unspecified atom stereocenters. The van der Waals surface area contributed by atoms with E-state index >= 15 is 0 Å². The fraction of sp³-hybridized carbons (Fsp3) is 0.278. The highest BCUT2D eigenvalue weighted by Gasteiger charge is 2.16. The van der Waals surface area contributed by atoms with Crippen LogP contribution in [0.4, 0.5) is 5.69 Å². The molecule has 0 saturated heterocycles. The molecular formula is C18H20N2O5. The van der Waals surface area contributed by atoms with Gasteiger partial charge in [0.25, 0.3) is 5.91 Å². The van der Waals surface area contributed by atoms with Crippen molar-refractivity contribution in [3.05, 3.63) is 53.5 Å². The summed E-state index contributed by atoms with van der Waals surface area (Å²) >= 11 is 0. The van der Waals surface area contributed by atoms with E-state index < -0.39 is 11.9 Å². The van der Waals surface area contributed by atoms with Gasteiger partial charge in [-0.1, -0.05) is 12.1 Å². The van der Waals surface area contributed by atoms with Crippen LogP contribution in [-0.4, -0.2) is 33.8 Å². The highest BCUT2D eigenvalue weighted by Crippen LogP contribution is 2.15. The van der Waals surface area contributed by atoms with Gasteiger partial charge in [-0.2, -0.15) is 0 Å². The van der Waals surface area contributed by atoms with Gasteiger partial charge in [0.1, 0.15) is 0 Å². The second-order valence-electron chi connectivity index (χ2n) is 5.86. The van der Waals surface area contributed by atoms with E-state index in [-0.39, 0.29) is 23.5 Å². The van der Waals surface area contributed by atoms with E-state index in [4.69, 9.17) is 9.52 Å². The van der Waals surface area contributed by atoms with Crippen molar-refractivity contribution in [3.8, 4) is 0 Å². The number of hydrogen-bond acceptors (Lipinski definition) is 4. The summed E-state index contributed by atoms with van der Waals surface area (Å²) in [5, 5.41) is 11.4. The zero-order chi connectivity index (χ0) is 18.6. The predicted octanol–water partition coefficient (Wildman–Crippen LogP) is 2.99. The molecule has 0 spiro atoms. The largest absolute Gasteiger partial charge is 0.475 e. The summed E-state index contributed by atoms with van der Waals surface area (Å²) in [7, 11) is 0. The van der Waals surface area contributed by atoms with Crippen LogP contribution in [0, 0.1) is 0 Å². The zero-order valence-corrected chi connectivity index (χ0v) is 14.3. The fourth-order valence-electron chi connectivity index (χ4n) is 2.32. The number of anilines is 1. The highest BCUT2D eigenvalue weighted by molar-refractivity contribution is 6.02. The summed E-state index contributed by atoms with van der Waals surface area (Å²) < 4.78 is 4.95. The first-order valence-corrected chi connectivity index (χ1v) is 7.78. The van der Waals surface area contributed by atoms with Crippen LogP contribution in [0.15, 0.2) is 40.8 Å². The molecule has 2 rings (SSSR count). The van der Waals surface area contributed by atoms with Crippen LogP contribution < -0.4 is 5.32 Å². The minimum Gasteiger partial charge on any atom is -0.475 e. The Morgan fingerprint density at radius 3 is 2.16 bits per heavy atom. The molecule has 7 nitrogen and oxygen atoms in total. The molecule has 2 aromatic rings. The third-order valence-corrected chi connectivity index (χ3v) is 3.63. The Morgan fingerprint density at radius 2 is 1.68 bits per heavy atom. The molecule has 25 heavy (non-hydrogen) atoms. The quantitative estimate of drug-likeness (QED) is 0.839. The number of nitrogens with one attached hydrogen (secondary N) is 1. The Bertz CT molecular complexity index is 777. The first-order valence-electron chi connectivity index (χ1n) is 7.78. The average Bonchev–Trinajstić information content (AvgIpc) is 3.03. The van der Waals surface area contributed by atoms with Gasteiger partial charge in [-0.3, -0.25) is 9.59 Å². The molecule has 1 aromatic carbocycles. The highest BCUT2D eigenvalue weighted by atomic mass is 16.4. The molecule has 7 heteroatoms. The summed E-state index contributed by atoms with van der Waals surface area (Å²) in [6, 6.07) is 9.69. The summed E-state index contributed by atoms with van der Waals surface area (Å²) in [5.41, 5.74) is 1.48. The van der Waals surface area contributed by atoms with E-state index in [0.29, 0.717) is 12.2 Å². The number of carboxylic acids is 1. The van der Waals surface area contributed by atoms with Gasteiger partial charge in [0.05, 0.1) is 0 Å². The second-order valence-corrected chi connectivity index (χ2v) is 5.86. The Balaban J connectivity index is 2.03. The number of carbonyl (C=O) groups is 3. The standard InChI is InChI=1S/C18H20N2O5/c1-11(2)20(12(3)21)10-13-4-6-14(7-5-13)19-17(22)15-8-9-16(25-15)18(23)24/h4-9,11H,10H2,1-3H3,(H,19,22)(H,23,24). The van der Waals surface area contributed by atoms with Crippen molar-refractivity contribution >= 4 is 23.5 Å². The summed E-state index contributed by atoms with van der Waals surface area (Å²) in [6.07, 6.45) is 0. The average molecular weight is 344 g/mol. The van der Waals surface area contributed by atoms with E-state index in [2.05, 4.69) is 5.32 Å². The monoisotopic (exact) mass is 344 g/mol. The van der Waals surface area contributed by atoms with Gasteiger partial charge in [-0.25, -0.2) is 4.79 Å². The van der Waals surface area contributed by atoms with Crippen LogP contribution in [0.1, 0.15) is 47.4 Å². The van der Waals surface area contributed by atoms with Crippen LogP contribution in [0.2, 0.25) is 0 Å². The predicted molar refractivity (Wildman–Crippen MR) is 91.4 cm³/mol. The minimum atomic E-state index is -1.23. The number of nitrogens with zero attached hydrogens (tertiary/aromatic N) is 1. The first-order chi connectivity index (χ1) is 11.8. The number of hydrogen-bond donors (Lipinski definition) is 2. The lowest BCUT2D eigenvalue weighted by atomic mass is 10.1. The van der Waals surface area contributed by atoms with Crippen LogP contribution in [0.25, 0.3) is 0 Å². The van der Waals surface area contributed by atoms with E-state index in [1.54, 1.807) is 17.0 Å². The van der Waals surface area contributed by atoms with Gasteiger partial charge in [-0.05, 0) is 43.7 Å². The number of rotatable bonds is 6. The van der Waals surface area contributed by atoms with Crippen LogP contribution in [0.3, 0.4) is 0 Å². The van der Waals surface area contributed by atoms with Crippen molar-refractivity contribution < 1.29 is 23.9 Å². The molecule has 132 valence electrons. The third-order valence-electron chi connectivity index (χ3n) is 3.63. The summed E-state index contributed by atoms with van der Waals surface area (Å²) in [4.78, 5) is 36.2. The maximum atomic E-state index is 12.0. The molecule has 0 saturated carbocycles. The third kappa shape index (κ3) is 4.69. The molecule has 0 aliphatic carbocycles. The molecule has 0 aliphatic rings. The van der Waals surface area contributed by atoms with E-state index in [1.807, 2.05) is 26.0 Å². The number of aromatic carboxylic acids is 1. The molecule has 0 atom stereocenters. The van der Waals surface area contributed by atoms with Gasteiger partial charge in [0, 0.05) is 25.2 Å². The normalized spacial score (nSPS) is 10.6. The molecule has 0 bridgehead atoms. The maximum absolute atomic E-state index is 12.0. The van der Waals surface area contributed by atoms with Crippen LogP contribution >= 0.6 is 0 Å². The summed E-state index contributed by atoms with van der Waals surface area (Å²) in [5.74, 6) is -2.14. The lowest BCUT2D eigenvalue weighted by Gasteiger charge is -2.25. The smallest absolute Gasteiger partial charge is 0.371 e. The molecule has 2 N–H and O–H groups in total. The van der Waals surface area contributed by atoms with Gasteiger partial charge in [0.2, 0.25) is 11.7 Å². The van der Waals surface area contributed by atoms with E-state index in [0.717, 1.165) is 5.56 Å². The Morgan fingerprint density at radius 1 is 1.08 bits per heavy atom. The second kappa shape index (κ2) is 7.65. The molecule has 0 fully saturated rings. The minimum absolute atomic E-state index is 0.000525. The van der Waals surface area contributed by atoms with Crippen molar-refractivity contribution in [1.29, 1.82) is 0 Å². The Kier molecular flexibility index (Phi) is 5.59. The number of carboxylic acid groups (broad SMARTS) is 1. The van der Waals surface area contributed by atoms with Gasteiger partial charge < -0.3 is 19.7 Å². The number of furan rings is 1. The van der Waals surface area contributed by atoms with Crippen LogP contribution in [-0.2, 0) is 11.3 Å². The summed E-state index contributed by atoms with van der Waals surface area (Å²) in [6.45, 7) is 5.92. The van der Waals surface area contributed by atoms with Gasteiger partial charge in [0.15, 0.2) is 5.76 Å². The topological polar surface area (TPSA) is 99.9 Å². The van der Waals surface area contributed by atoms with Gasteiger partial charge in [-0.15, -0.1) is 0 Å².